The number of fused-ring (bicyclic) bond motifs is 2. The standard InChI is InChI=1S/C21H20N2O3/c1-21(2)12-25-17-11-14(8-9-16(17)19(21)26-20(22)24)15-7-3-5-13-6-4-10-23-18(13)15/h3-11,19H,12H2,1-2H3,(H2,22,24). The van der Waals surface area contributed by atoms with Gasteiger partial charge in [0.25, 0.3) is 0 Å². The summed E-state index contributed by atoms with van der Waals surface area (Å²) in [5.74, 6) is 0.709. The Morgan fingerprint density at radius 2 is 2.04 bits per heavy atom. The Balaban J connectivity index is 1.82. The summed E-state index contributed by atoms with van der Waals surface area (Å²) in [6.45, 7) is 4.42. The average Bonchev–Trinajstić information content (AvgIpc) is 2.63. The molecule has 1 atom stereocenters. The van der Waals surface area contributed by atoms with Crippen LogP contribution in [0.3, 0.4) is 0 Å². The number of carbonyl (C=O) groups is 1. The summed E-state index contributed by atoms with van der Waals surface area (Å²) in [6.07, 6.45) is 0.571. The molecule has 3 aromatic rings. The molecule has 1 aliphatic rings. The van der Waals surface area contributed by atoms with Crippen LogP contribution in [-0.4, -0.2) is 17.7 Å². The van der Waals surface area contributed by atoms with Crippen LogP contribution in [0, 0.1) is 5.41 Å². The summed E-state index contributed by atoms with van der Waals surface area (Å²) in [5.41, 5.74) is 8.73. The number of nitrogens with zero attached hydrogens (tertiary/aromatic N) is 1. The van der Waals surface area contributed by atoms with E-state index in [4.69, 9.17) is 15.2 Å². The molecule has 1 aliphatic heterocycles. The molecule has 0 radical (unpaired) electrons. The third-order valence-electron chi connectivity index (χ3n) is 4.78. The summed E-state index contributed by atoms with van der Waals surface area (Å²) >= 11 is 0. The molecule has 0 aliphatic carbocycles. The van der Waals surface area contributed by atoms with Gasteiger partial charge in [-0.3, -0.25) is 4.98 Å². The molecule has 0 fully saturated rings. The molecule has 26 heavy (non-hydrogen) atoms. The maximum atomic E-state index is 11.4. The fraction of sp³-hybridized carbons (Fsp3) is 0.238. The van der Waals surface area contributed by atoms with Gasteiger partial charge in [-0.15, -0.1) is 0 Å². The van der Waals surface area contributed by atoms with Gasteiger partial charge in [-0.1, -0.05) is 50.2 Å². The molecule has 4 rings (SSSR count). The van der Waals surface area contributed by atoms with E-state index < -0.39 is 12.2 Å². The molecule has 2 N–H and O–H groups in total. The van der Waals surface area contributed by atoms with Crippen molar-refractivity contribution in [2.75, 3.05) is 6.61 Å². The maximum absolute atomic E-state index is 11.4. The molecule has 1 aromatic heterocycles. The van der Waals surface area contributed by atoms with Gasteiger partial charge in [-0.05, 0) is 17.7 Å². The lowest BCUT2D eigenvalue weighted by Crippen LogP contribution is -2.37. The Bertz CT molecular complexity index is 992. The van der Waals surface area contributed by atoms with Gasteiger partial charge in [0, 0.05) is 28.1 Å². The largest absolute Gasteiger partial charge is 0.492 e. The molecule has 1 amide bonds. The fourth-order valence-electron chi connectivity index (χ4n) is 3.48. The second-order valence-corrected chi connectivity index (χ2v) is 7.23. The Labute approximate surface area is 151 Å². The highest BCUT2D eigenvalue weighted by Gasteiger charge is 2.40. The first-order chi connectivity index (χ1) is 12.5. The first-order valence-electron chi connectivity index (χ1n) is 8.53. The van der Waals surface area contributed by atoms with Crippen molar-refractivity contribution in [3.63, 3.8) is 0 Å². The molecule has 0 spiro atoms. The third kappa shape index (κ3) is 2.75. The quantitative estimate of drug-likeness (QED) is 0.742. The maximum Gasteiger partial charge on any atom is 0.405 e. The Kier molecular flexibility index (Phi) is 3.80. The van der Waals surface area contributed by atoms with Crippen molar-refractivity contribution in [3.05, 3.63) is 60.3 Å². The second kappa shape index (κ2) is 6.02. The Hall–Kier alpha value is -3.08. The lowest BCUT2D eigenvalue weighted by Gasteiger charge is -2.38. The van der Waals surface area contributed by atoms with Gasteiger partial charge in [-0.2, -0.15) is 0 Å². The molecule has 5 heteroatoms. The number of amides is 1. The van der Waals surface area contributed by atoms with Crippen molar-refractivity contribution in [2.45, 2.75) is 20.0 Å². The average molecular weight is 348 g/mol. The van der Waals surface area contributed by atoms with Gasteiger partial charge in [0.15, 0.2) is 0 Å². The minimum absolute atomic E-state index is 0.357. The molecule has 1 unspecified atom stereocenters. The van der Waals surface area contributed by atoms with E-state index in [9.17, 15) is 4.79 Å². The minimum Gasteiger partial charge on any atom is -0.492 e. The van der Waals surface area contributed by atoms with Gasteiger partial charge in [0.2, 0.25) is 0 Å². The number of pyridine rings is 1. The van der Waals surface area contributed by atoms with Gasteiger partial charge in [-0.25, -0.2) is 4.79 Å². The smallest absolute Gasteiger partial charge is 0.405 e. The molecular weight excluding hydrogens is 328 g/mol. The molecule has 5 nitrogen and oxygen atoms in total. The second-order valence-electron chi connectivity index (χ2n) is 7.23. The first-order valence-corrected chi connectivity index (χ1v) is 8.53. The van der Waals surface area contributed by atoms with Crippen LogP contribution < -0.4 is 10.5 Å². The number of nitrogens with two attached hydrogens (primary N) is 1. The zero-order chi connectivity index (χ0) is 18.3. The first kappa shape index (κ1) is 16.4. The van der Waals surface area contributed by atoms with Crippen LogP contribution in [0.25, 0.3) is 22.0 Å². The van der Waals surface area contributed by atoms with Gasteiger partial charge in [0.05, 0.1) is 12.1 Å². The summed E-state index contributed by atoms with van der Waals surface area (Å²) in [5, 5.41) is 1.08. The Morgan fingerprint density at radius 1 is 1.23 bits per heavy atom. The van der Waals surface area contributed by atoms with Gasteiger partial charge >= 0.3 is 6.09 Å². The summed E-state index contributed by atoms with van der Waals surface area (Å²) in [4.78, 5) is 15.9. The number of carbonyl (C=O) groups excluding carboxylic acids is 1. The van der Waals surface area contributed by atoms with E-state index in [0.29, 0.717) is 12.4 Å². The van der Waals surface area contributed by atoms with Crippen LogP contribution >= 0.6 is 0 Å². The van der Waals surface area contributed by atoms with E-state index in [1.54, 1.807) is 6.20 Å². The van der Waals surface area contributed by atoms with Crippen LogP contribution in [0.4, 0.5) is 4.79 Å². The van der Waals surface area contributed by atoms with Crippen molar-refractivity contribution in [1.82, 2.24) is 4.98 Å². The van der Waals surface area contributed by atoms with E-state index in [1.165, 1.54) is 0 Å². The summed E-state index contributed by atoms with van der Waals surface area (Å²) in [7, 11) is 0. The topological polar surface area (TPSA) is 74.4 Å². The predicted octanol–water partition coefficient (Wildman–Crippen LogP) is 4.46. The zero-order valence-electron chi connectivity index (χ0n) is 14.7. The number of benzene rings is 2. The van der Waals surface area contributed by atoms with Crippen LogP contribution in [0.1, 0.15) is 25.5 Å². The monoisotopic (exact) mass is 348 g/mol. The van der Waals surface area contributed by atoms with E-state index in [1.807, 2.05) is 62.4 Å². The van der Waals surface area contributed by atoms with Crippen LogP contribution in [-0.2, 0) is 4.74 Å². The lowest BCUT2D eigenvalue weighted by atomic mass is 9.80. The van der Waals surface area contributed by atoms with Crippen molar-refractivity contribution in [2.24, 2.45) is 11.1 Å². The van der Waals surface area contributed by atoms with E-state index in [0.717, 1.165) is 27.6 Å². The van der Waals surface area contributed by atoms with Crippen LogP contribution in [0.2, 0.25) is 0 Å². The number of hydrogen-bond acceptors (Lipinski definition) is 4. The third-order valence-corrected chi connectivity index (χ3v) is 4.78. The fourth-order valence-corrected chi connectivity index (χ4v) is 3.48. The van der Waals surface area contributed by atoms with E-state index >= 15 is 0 Å². The van der Waals surface area contributed by atoms with Crippen LogP contribution in [0.5, 0.6) is 5.75 Å². The molecule has 2 heterocycles. The number of primary amides is 1. The summed E-state index contributed by atoms with van der Waals surface area (Å²) in [6, 6.07) is 16.0. The number of ether oxygens (including phenoxy) is 2. The van der Waals surface area contributed by atoms with Crippen molar-refractivity contribution < 1.29 is 14.3 Å². The number of hydrogen-bond donors (Lipinski definition) is 1. The highest BCUT2D eigenvalue weighted by molar-refractivity contribution is 5.93. The Morgan fingerprint density at radius 3 is 2.85 bits per heavy atom. The zero-order valence-corrected chi connectivity index (χ0v) is 14.7. The van der Waals surface area contributed by atoms with Gasteiger partial charge < -0.3 is 15.2 Å². The SMILES string of the molecule is CC1(C)COc2cc(-c3cccc4cccnc34)ccc2C1OC(N)=O. The molecule has 0 saturated carbocycles. The molecule has 132 valence electrons. The molecule has 0 saturated heterocycles. The van der Waals surface area contributed by atoms with Crippen molar-refractivity contribution in [1.29, 1.82) is 0 Å². The van der Waals surface area contributed by atoms with Crippen molar-refractivity contribution >= 4 is 17.0 Å². The molecule has 2 aromatic carbocycles. The lowest BCUT2D eigenvalue weighted by molar-refractivity contribution is -0.0176. The van der Waals surface area contributed by atoms with Crippen molar-refractivity contribution in [3.8, 4) is 16.9 Å². The molecular formula is C21H20N2O3. The number of para-hydroxylation sites is 1. The highest BCUT2D eigenvalue weighted by Crippen LogP contribution is 2.46. The van der Waals surface area contributed by atoms with E-state index in [2.05, 4.69) is 4.98 Å². The van der Waals surface area contributed by atoms with Gasteiger partial charge in [0.1, 0.15) is 11.9 Å². The summed E-state index contributed by atoms with van der Waals surface area (Å²) < 4.78 is 11.4. The minimum atomic E-state index is -0.779. The number of aromatic nitrogens is 1. The predicted molar refractivity (Wildman–Crippen MR) is 99.9 cm³/mol. The van der Waals surface area contributed by atoms with Crippen LogP contribution in [0.15, 0.2) is 54.7 Å². The van der Waals surface area contributed by atoms with E-state index in [-0.39, 0.29) is 5.41 Å². The number of rotatable bonds is 2. The highest BCUT2D eigenvalue weighted by atomic mass is 16.6. The normalized spacial score (nSPS) is 18.0. The molecule has 0 bridgehead atoms.